The van der Waals surface area contributed by atoms with Crippen LogP contribution in [0, 0.1) is 6.92 Å². The number of carbonyl (C=O) groups is 1. The van der Waals surface area contributed by atoms with Gasteiger partial charge < -0.3 is 10.1 Å². The summed E-state index contributed by atoms with van der Waals surface area (Å²) < 4.78 is 7.13. The number of carbonyl (C=O) groups excluding carboxylic acids is 1. The third-order valence-corrected chi connectivity index (χ3v) is 5.67. The van der Waals surface area contributed by atoms with Crippen LogP contribution in [0.4, 0.5) is 5.82 Å². The first kappa shape index (κ1) is 17.4. The molecule has 6 nitrogen and oxygen atoms in total. The molecular weight excluding hydrogens is 380 g/mol. The minimum atomic E-state index is -0.157. The number of hydrogen-bond donors (Lipinski definition) is 1. The second-order valence-corrected chi connectivity index (χ2v) is 7.49. The SMILES string of the molecule is COc1cccc(-c2csc(-n3c(NC(=O)c4cccs4)cnc3C)n2)c1. The van der Waals surface area contributed by atoms with E-state index >= 15 is 0 Å². The van der Waals surface area contributed by atoms with Gasteiger partial charge in [-0.15, -0.1) is 22.7 Å². The predicted octanol–water partition coefficient (Wildman–Crippen LogP) is 4.63. The Morgan fingerprint density at radius 3 is 2.89 bits per heavy atom. The molecule has 0 bridgehead atoms. The predicted molar refractivity (Wildman–Crippen MR) is 108 cm³/mol. The van der Waals surface area contributed by atoms with Crippen molar-refractivity contribution in [3.8, 4) is 22.1 Å². The molecule has 0 unspecified atom stereocenters. The lowest BCUT2D eigenvalue weighted by Crippen LogP contribution is -2.13. The van der Waals surface area contributed by atoms with E-state index in [4.69, 9.17) is 9.72 Å². The van der Waals surface area contributed by atoms with Crippen molar-refractivity contribution in [3.05, 3.63) is 64.1 Å². The lowest BCUT2D eigenvalue weighted by Gasteiger charge is -2.07. The van der Waals surface area contributed by atoms with E-state index < -0.39 is 0 Å². The van der Waals surface area contributed by atoms with Gasteiger partial charge in [0.1, 0.15) is 17.4 Å². The van der Waals surface area contributed by atoms with Gasteiger partial charge in [-0.05, 0) is 30.5 Å². The van der Waals surface area contributed by atoms with Gasteiger partial charge in [0.2, 0.25) is 0 Å². The lowest BCUT2D eigenvalue weighted by atomic mass is 10.2. The number of imidazole rings is 1. The largest absolute Gasteiger partial charge is 0.497 e. The van der Waals surface area contributed by atoms with Crippen molar-refractivity contribution < 1.29 is 9.53 Å². The summed E-state index contributed by atoms with van der Waals surface area (Å²) in [6.45, 7) is 1.88. The highest BCUT2D eigenvalue weighted by atomic mass is 32.1. The maximum atomic E-state index is 12.4. The lowest BCUT2D eigenvalue weighted by molar-refractivity contribution is 0.103. The molecule has 1 aromatic carbocycles. The van der Waals surface area contributed by atoms with Crippen LogP contribution < -0.4 is 10.1 Å². The van der Waals surface area contributed by atoms with Gasteiger partial charge in [0, 0.05) is 10.9 Å². The highest BCUT2D eigenvalue weighted by Gasteiger charge is 2.16. The van der Waals surface area contributed by atoms with Crippen LogP contribution in [-0.2, 0) is 0 Å². The summed E-state index contributed by atoms with van der Waals surface area (Å²) in [7, 11) is 1.64. The van der Waals surface area contributed by atoms with Crippen LogP contribution in [0.3, 0.4) is 0 Å². The normalized spacial score (nSPS) is 10.7. The van der Waals surface area contributed by atoms with Gasteiger partial charge in [-0.25, -0.2) is 9.97 Å². The van der Waals surface area contributed by atoms with Crippen molar-refractivity contribution in [1.29, 1.82) is 0 Å². The molecule has 0 aliphatic carbocycles. The van der Waals surface area contributed by atoms with Crippen LogP contribution in [0.5, 0.6) is 5.75 Å². The van der Waals surface area contributed by atoms with Crippen molar-refractivity contribution in [2.24, 2.45) is 0 Å². The van der Waals surface area contributed by atoms with Crippen LogP contribution in [0.25, 0.3) is 16.4 Å². The fourth-order valence-electron chi connectivity index (χ4n) is 2.64. The maximum Gasteiger partial charge on any atom is 0.266 e. The molecule has 8 heteroatoms. The van der Waals surface area contributed by atoms with Crippen LogP contribution >= 0.6 is 22.7 Å². The second kappa shape index (κ2) is 7.34. The number of nitrogens with one attached hydrogen (secondary N) is 1. The molecular formula is C19H16N4O2S2. The Morgan fingerprint density at radius 1 is 1.22 bits per heavy atom. The number of anilines is 1. The summed E-state index contributed by atoms with van der Waals surface area (Å²) in [5.41, 5.74) is 1.82. The number of amides is 1. The Balaban J connectivity index is 1.65. The number of aromatic nitrogens is 3. The molecule has 136 valence electrons. The van der Waals surface area contributed by atoms with Crippen LogP contribution in [-0.4, -0.2) is 27.6 Å². The number of nitrogens with zero attached hydrogens (tertiary/aromatic N) is 3. The summed E-state index contributed by atoms with van der Waals surface area (Å²) in [5.74, 6) is 1.97. The van der Waals surface area contributed by atoms with E-state index in [1.54, 1.807) is 19.4 Å². The van der Waals surface area contributed by atoms with E-state index in [0.717, 1.165) is 28.0 Å². The van der Waals surface area contributed by atoms with E-state index in [2.05, 4.69) is 10.3 Å². The molecule has 0 aliphatic rings. The Labute approximate surface area is 164 Å². The number of thiophene rings is 1. The zero-order valence-corrected chi connectivity index (χ0v) is 16.3. The first-order chi connectivity index (χ1) is 13.2. The zero-order valence-electron chi connectivity index (χ0n) is 14.7. The summed E-state index contributed by atoms with van der Waals surface area (Å²) in [5, 5.41) is 7.51. The molecule has 0 aliphatic heterocycles. The topological polar surface area (TPSA) is 69.0 Å². The molecule has 0 radical (unpaired) electrons. The average molecular weight is 396 g/mol. The van der Waals surface area contributed by atoms with Gasteiger partial charge in [-0.2, -0.15) is 0 Å². The average Bonchev–Trinajstić information content (AvgIpc) is 3.43. The number of ether oxygens (including phenoxy) is 1. The van der Waals surface area contributed by atoms with Gasteiger partial charge >= 0.3 is 0 Å². The van der Waals surface area contributed by atoms with Gasteiger partial charge in [0.05, 0.1) is 23.9 Å². The smallest absolute Gasteiger partial charge is 0.266 e. The van der Waals surface area contributed by atoms with E-state index in [-0.39, 0.29) is 5.91 Å². The number of thiazole rings is 1. The quantitative estimate of drug-likeness (QED) is 0.534. The molecule has 0 atom stereocenters. The monoisotopic (exact) mass is 396 g/mol. The molecule has 1 amide bonds. The van der Waals surface area contributed by atoms with Crippen molar-refractivity contribution in [3.63, 3.8) is 0 Å². The highest BCUT2D eigenvalue weighted by molar-refractivity contribution is 7.12. The van der Waals surface area contributed by atoms with Crippen molar-refractivity contribution in [1.82, 2.24) is 14.5 Å². The molecule has 4 rings (SSSR count). The first-order valence-electron chi connectivity index (χ1n) is 8.15. The standard InChI is InChI=1S/C19H16N4O2S2/c1-12-20-10-17(22-18(24)16-7-4-8-26-16)23(12)19-21-15(11-27-19)13-5-3-6-14(9-13)25-2/h3-11H,1-2H3,(H,22,24). The number of hydrogen-bond acceptors (Lipinski definition) is 6. The minimum Gasteiger partial charge on any atom is -0.497 e. The molecule has 3 aromatic heterocycles. The summed E-state index contributed by atoms with van der Waals surface area (Å²) in [6, 6.07) is 11.4. The van der Waals surface area contributed by atoms with Gasteiger partial charge in [-0.1, -0.05) is 18.2 Å². The van der Waals surface area contributed by atoms with Crippen molar-refractivity contribution in [2.75, 3.05) is 12.4 Å². The van der Waals surface area contributed by atoms with Crippen LogP contribution in [0.2, 0.25) is 0 Å². The Kier molecular flexibility index (Phi) is 4.74. The van der Waals surface area contributed by atoms with Crippen LogP contribution in [0.1, 0.15) is 15.5 Å². The molecule has 1 N–H and O–H groups in total. The number of methoxy groups -OCH3 is 1. The number of benzene rings is 1. The zero-order chi connectivity index (χ0) is 18.8. The first-order valence-corrected chi connectivity index (χ1v) is 9.91. The van der Waals surface area contributed by atoms with Gasteiger partial charge in [-0.3, -0.25) is 9.36 Å². The van der Waals surface area contributed by atoms with Crippen LogP contribution in [0.15, 0.2) is 53.4 Å². The molecule has 0 fully saturated rings. The maximum absolute atomic E-state index is 12.4. The van der Waals surface area contributed by atoms with Gasteiger partial charge in [0.15, 0.2) is 5.13 Å². The molecule has 27 heavy (non-hydrogen) atoms. The summed E-state index contributed by atoms with van der Waals surface area (Å²) in [4.78, 5) is 22.1. The summed E-state index contributed by atoms with van der Waals surface area (Å²) in [6.07, 6.45) is 1.65. The molecule has 4 aromatic rings. The van der Waals surface area contributed by atoms with Gasteiger partial charge in [0.25, 0.3) is 5.91 Å². The van der Waals surface area contributed by atoms with Crippen molar-refractivity contribution >= 4 is 34.4 Å². The fraction of sp³-hybridized carbons (Fsp3) is 0.105. The second-order valence-electron chi connectivity index (χ2n) is 5.70. The van der Waals surface area contributed by atoms with E-state index in [9.17, 15) is 4.79 Å². The molecule has 0 saturated carbocycles. The number of rotatable bonds is 5. The molecule has 3 heterocycles. The Hall–Kier alpha value is -2.97. The fourth-order valence-corrected chi connectivity index (χ4v) is 4.15. The third-order valence-electron chi connectivity index (χ3n) is 3.97. The number of aryl methyl sites for hydroxylation is 1. The van der Waals surface area contributed by atoms with Crippen molar-refractivity contribution in [2.45, 2.75) is 6.92 Å². The Bertz CT molecular complexity index is 1080. The molecule has 0 saturated heterocycles. The van der Waals surface area contributed by atoms with E-state index in [1.165, 1.54) is 22.7 Å². The van der Waals surface area contributed by atoms with E-state index in [1.807, 2.05) is 52.6 Å². The Morgan fingerprint density at radius 2 is 2.11 bits per heavy atom. The third kappa shape index (κ3) is 3.49. The highest BCUT2D eigenvalue weighted by Crippen LogP contribution is 2.29. The summed E-state index contributed by atoms with van der Waals surface area (Å²) >= 11 is 2.89. The van der Waals surface area contributed by atoms with E-state index in [0.29, 0.717) is 10.7 Å². The molecule has 0 spiro atoms. The minimum absolute atomic E-state index is 0.157.